The second-order valence-electron chi connectivity index (χ2n) is 3.98. The van der Waals surface area contributed by atoms with Crippen LogP contribution in [0.2, 0.25) is 0 Å². The van der Waals surface area contributed by atoms with Gasteiger partial charge in [-0.2, -0.15) is 0 Å². The Morgan fingerprint density at radius 1 is 0.957 bits per heavy atom. The van der Waals surface area contributed by atoms with E-state index in [4.69, 9.17) is 9.53 Å². The Morgan fingerprint density at radius 2 is 1.43 bits per heavy atom. The second-order valence-corrected chi connectivity index (χ2v) is 3.98. The highest BCUT2D eigenvalue weighted by atomic mass is 16.5. The Bertz CT molecular complexity index is 527. The molecule has 0 unspecified atom stereocenters. The number of ether oxygens (including phenoxy) is 1. The van der Waals surface area contributed by atoms with Crippen LogP contribution in [0.15, 0.2) is 54.6 Å². The molecule has 0 saturated carbocycles. The number of carbonyl (C=O) groups excluding carboxylic acids is 2. The molecule has 4 heteroatoms. The van der Waals surface area contributed by atoms with Crippen molar-refractivity contribution in [2.75, 3.05) is 12.4 Å². The number of hydrogen-bond donors (Lipinski definition) is 1. The van der Waals surface area contributed by atoms with E-state index in [1.165, 1.54) is 6.92 Å². The van der Waals surface area contributed by atoms with Crippen molar-refractivity contribution in [2.45, 2.75) is 27.7 Å². The second kappa shape index (κ2) is 15.8. The largest absolute Gasteiger partial charge is 0.426 e. The first-order valence-corrected chi connectivity index (χ1v) is 7.39. The first-order valence-electron chi connectivity index (χ1n) is 7.39. The molecule has 2 aromatic rings. The minimum atomic E-state index is -0.278. The van der Waals surface area contributed by atoms with Crippen molar-refractivity contribution in [3.05, 3.63) is 60.2 Å². The van der Waals surface area contributed by atoms with Crippen molar-refractivity contribution >= 4 is 18.4 Å². The van der Waals surface area contributed by atoms with Crippen LogP contribution in [0.25, 0.3) is 0 Å². The molecule has 1 N–H and O–H groups in total. The van der Waals surface area contributed by atoms with Gasteiger partial charge in [0.25, 0.3) is 0 Å². The predicted octanol–water partition coefficient (Wildman–Crippen LogP) is 4.49. The number of aryl methyl sites for hydroxylation is 1. The van der Waals surface area contributed by atoms with Gasteiger partial charge in [-0.3, -0.25) is 4.79 Å². The molecule has 0 aliphatic heterocycles. The Kier molecular flexibility index (Phi) is 15.5. The molecular formula is C19H27NO3. The standard InChI is InChI=1S/C9H10O2.C7H9N.C2H6.CH2O/c1-7-5-3-4-6-9(7)11-8(2)10;1-8-7-5-3-2-4-6-7;2*1-2/h3-6H,1-2H3;2-6,8H,1H3;1-2H3;1H2. The van der Waals surface area contributed by atoms with Crippen LogP contribution in [0.1, 0.15) is 26.3 Å². The first-order chi connectivity index (χ1) is 11.1. The van der Waals surface area contributed by atoms with E-state index in [1.807, 2.05) is 83.1 Å². The summed E-state index contributed by atoms with van der Waals surface area (Å²) in [5, 5.41) is 3.03. The van der Waals surface area contributed by atoms with Crippen LogP contribution in [-0.2, 0) is 9.59 Å². The summed E-state index contributed by atoms with van der Waals surface area (Å²) in [5.74, 6) is 0.360. The Morgan fingerprint density at radius 3 is 1.83 bits per heavy atom. The summed E-state index contributed by atoms with van der Waals surface area (Å²) in [5.41, 5.74) is 2.13. The summed E-state index contributed by atoms with van der Waals surface area (Å²) in [6, 6.07) is 17.5. The van der Waals surface area contributed by atoms with Crippen molar-refractivity contribution in [1.29, 1.82) is 0 Å². The lowest BCUT2D eigenvalue weighted by atomic mass is 10.2. The van der Waals surface area contributed by atoms with E-state index in [9.17, 15) is 4.79 Å². The molecular weight excluding hydrogens is 290 g/mol. The number of carbonyl (C=O) groups is 2. The average Bonchev–Trinajstić information content (AvgIpc) is 2.61. The molecule has 2 aromatic carbocycles. The lowest BCUT2D eigenvalue weighted by molar-refractivity contribution is -0.131. The normalized spacial score (nSPS) is 7.87. The van der Waals surface area contributed by atoms with Gasteiger partial charge in [0.05, 0.1) is 0 Å². The fraction of sp³-hybridized carbons (Fsp3) is 0.263. The smallest absolute Gasteiger partial charge is 0.308 e. The van der Waals surface area contributed by atoms with Gasteiger partial charge in [-0.05, 0) is 30.7 Å². The molecule has 126 valence electrons. The molecule has 0 spiro atoms. The lowest BCUT2D eigenvalue weighted by Gasteiger charge is -2.02. The van der Waals surface area contributed by atoms with E-state index in [2.05, 4.69) is 5.32 Å². The molecule has 0 aliphatic rings. The zero-order valence-electron chi connectivity index (χ0n) is 14.6. The zero-order valence-corrected chi connectivity index (χ0v) is 14.6. The van der Waals surface area contributed by atoms with Gasteiger partial charge in [-0.15, -0.1) is 0 Å². The minimum Gasteiger partial charge on any atom is -0.426 e. The molecule has 0 fully saturated rings. The van der Waals surface area contributed by atoms with Crippen LogP contribution in [0.3, 0.4) is 0 Å². The van der Waals surface area contributed by atoms with Gasteiger partial charge in [-0.1, -0.05) is 50.2 Å². The fourth-order valence-electron chi connectivity index (χ4n) is 1.43. The third-order valence-corrected chi connectivity index (χ3v) is 2.41. The van der Waals surface area contributed by atoms with Crippen LogP contribution in [0.5, 0.6) is 5.75 Å². The third-order valence-electron chi connectivity index (χ3n) is 2.41. The predicted molar refractivity (Wildman–Crippen MR) is 96.9 cm³/mol. The maximum Gasteiger partial charge on any atom is 0.308 e. The van der Waals surface area contributed by atoms with Crippen LogP contribution < -0.4 is 10.1 Å². The molecule has 0 heterocycles. The highest BCUT2D eigenvalue weighted by Crippen LogP contribution is 2.15. The maximum absolute atomic E-state index is 10.5. The lowest BCUT2D eigenvalue weighted by Crippen LogP contribution is -2.02. The van der Waals surface area contributed by atoms with E-state index in [-0.39, 0.29) is 5.97 Å². The number of benzene rings is 2. The van der Waals surface area contributed by atoms with Gasteiger partial charge >= 0.3 is 5.97 Å². The highest BCUT2D eigenvalue weighted by molar-refractivity contribution is 5.69. The molecule has 0 radical (unpaired) electrons. The molecule has 0 aliphatic carbocycles. The van der Waals surface area contributed by atoms with Crippen molar-refractivity contribution in [1.82, 2.24) is 0 Å². The van der Waals surface area contributed by atoms with Crippen LogP contribution in [-0.4, -0.2) is 19.8 Å². The van der Waals surface area contributed by atoms with Gasteiger partial charge in [0.2, 0.25) is 0 Å². The van der Waals surface area contributed by atoms with Gasteiger partial charge in [-0.25, -0.2) is 0 Å². The molecule has 0 amide bonds. The van der Waals surface area contributed by atoms with E-state index in [0.29, 0.717) is 5.75 Å². The summed E-state index contributed by atoms with van der Waals surface area (Å²) < 4.78 is 4.91. The third kappa shape index (κ3) is 11.7. The number of rotatable bonds is 2. The Balaban J connectivity index is 0. The molecule has 2 rings (SSSR count). The number of para-hydroxylation sites is 2. The van der Waals surface area contributed by atoms with Crippen molar-refractivity contribution in [3.8, 4) is 5.75 Å². The molecule has 4 nitrogen and oxygen atoms in total. The van der Waals surface area contributed by atoms with Crippen LogP contribution in [0, 0.1) is 6.92 Å². The first kappa shape index (κ1) is 22.7. The average molecular weight is 317 g/mol. The highest BCUT2D eigenvalue weighted by Gasteiger charge is 1.99. The van der Waals surface area contributed by atoms with E-state index < -0.39 is 0 Å². The molecule has 0 atom stereocenters. The van der Waals surface area contributed by atoms with E-state index in [0.717, 1.165) is 11.3 Å². The van der Waals surface area contributed by atoms with Gasteiger partial charge < -0.3 is 14.8 Å². The summed E-state index contributed by atoms with van der Waals surface area (Å²) in [6.07, 6.45) is 0. The van der Waals surface area contributed by atoms with Crippen molar-refractivity contribution < 1.29 is 14.3 Å². The quantitative estimate of drug-likeness (QED) is 0.655. The number of esters is 1. The van der Waals surface area contributed by atoms with Crippen LogP contribution in [0.4, 0.5) is 5.69 Å². The summed E-state index contributed by atoms with van der Waals surface area (Å²) >= 11 is 0. The monoisotopic (exact) mass is 317 g/mol. The molecule has 0 aromatic heterocycles. The Hall–Kier alpha value is -2.62. The summed E-state index contributed by atoms with van der Waals surface area (Å²) in [6.45, 7) is 9.30. The topological polar surface area (TPSA) is 55.4 Å². The molecule has 23 heavy (non-hydrogen) atoms. The molecule has 0 saturated heterocycles. The number of nitrogens with one attached hydrogen (secondary N) is 1. The summed E-state index contributed by atoms with van der Waals surface area (Å²) in [7, 11) is 1.91. The Labute approximate surface area is 139 Å². The molecule has 0 bridgehead atoms. The fourth-order valence-corrected chi connectivity index (χ4v) is 1.43. The van der Waals surface area contributed by atoms with Crippen molar-refractivity contribution in [3.63, 3.8) is 0 Å². The van der Waals surface area contributed by atoms with Crippen LogP contribution >= 0.6 is 0 Å². The maximum atomic E-state index is 10.5. The minimum absolute atomic E-state index is 0.278. The zero-order chi connectivity index (χ0) is 18.1. The SMILES string of the molecule is C=O.CC.CC(=O)Oc1ccccc1C.CNc1ccccc1. The van der Waals surface area contributed by atoms with Gasteiger partial charge in [0.1, 0.15) is 12.5 Å². The van der Waals surface area contributed by atoms with Gasteiger partial charge in [0, 0.05) is 19.7 Å². The number of anilines is 1. The van der Waals surface area contributed by atoms with Gasteiger partial charge in [0.15, 0.2) is 0 Å². The number of hydrogen-bond acceptors (Lipinski definition) is 4. The van der Waals surface area contributed by atoms with E-state index in [1.54, 1.807) is 6.07 Å². The summed E-state index contributed by atoms with van der Waals surface area (Å²) in [4.78, 5) is 18.5. The van der Waals surface area contributed by atoms with E-state index >= 15 is 0 Å². The van der Waals surface area contributed by atoms with Crippen molar-refractivity contribution in [2.24, 2.45) is 0 Å².